The summed E-state index contributed by atoms with van der Waals surface area (Å²) in [5, 5.41) is 11.1. The zero-order valence-electron chi connectivity index (χ0n) is 10.9. The number of nitrogens with two attached hydrogens (primary N) is 1. The number of carbonyl (C=O) groups is 2. The quantitative estimate of drug-likeness (QED) is 0.657. The lowest BCUT2D eigenvalue weighted by Gasteiger charge is -2.08. The second-order valence-electron chi connectivity index (χ2n) is 4.29. The van der Waals surface area contributed by atoms with Gasteiger partial charge in [-0.05, 0) is 30.7 Å². The van der Waals surface area contributed by atoms with Gasteiger partial charge < -0.3 is 16.2 Å². The van der Waals surface area contributed by atoms with Gasteiger partial charge in [0.15, 0.2) is 9.84 Å². The molecule has 4 N–H and O–H groups in total. The molecule has 0 aromatic heterocycles. The molecule has 7 nitrogen and oxygen atoms in total. The minimum atomic E-state index is -3.30. The summed E-state index contributed by atoms with van der Waals surface area (Å²) in [6, 6.07) is 4.44. The van der Waals surface area contributed by atoms with E-state index in [0.717, 1.165) is 6.26 Å². The molecule has 1 atom stereocenters. The molecule has 0 unspecified atom stereocenters. The number of carboxylic acids is 1. The molecule has 1 aromatic rings. The molecule has 0 aliphatic rings. The van der Waals surface area contributed by atoms with Crippen LogP contribution in [0.1, 0.15) is 16.8 Å². The Kier molecular flexibility index (Phi) is 5.23. The highest BCUT2D eigenvalue weighted by molar-refractivity contribution is 7.90. The molecule has 1 aromatic carbocycles. The number of carbonyl (C=O) groups excluding carboxylic acids is 1. The van der Waals surface area contributed by atoms with Crippen molar-refractivity contribution in [3.63, 3.8) is 0 Å². The van der Waals surface area contributed by atoms with E-state index < -0.39 is 27.8 Å². The standard InChI is InChI=1S/C12H16N2O5S/c1-20(18,19)9-4-2-8(3-5-9)11(15)14-7-6-10(13)12(16)17/h2-5,10H,6-7,13H2,1H3,(H,14,15)(H,16,17)/t10-/m0/s1. The van der Waals surface area contributed by atoms with Crippen LogP contribution in [0.2, 0.25) is 0 Å². The van der Waals surface area contributed by atoms with E-state index in [1.807, 2.05) is 0 Å². The van der Waals surface area contributed by atoms with Gasteiger partial charge >= 0.3 is 5.97 Å². The third-order valence-electron chi connectivity index (χ3n) is 2.60. The summed E-state index contributed by atoms with van der Waals surface area (Å²) < 4.78 is 22.5. The lowest BCUT2D eigenvalue weighted by molar-refractivity contribution is -0.138. The monoisotopic (exact) mass is 300 g/mol. The fraction of sp³-hybridized carbons (Fsp3) is 0.333. The van der Waals surface area contributed by atoms with Gasteiger partial charge in [-0.15, -0.1) is 0 Å². The smallest absolute Gasteiger partial charge is 0.320 e. The predicted molar refractivity (Wildman–Crippen MR) is 72.1 cm³/mol. The molecule has 0 spiro atoms. The molecule has 8 heteroatoms. The highest BCUT2D eigenvalue weighted by atomic mass is 32.2. The summed E-state index contributed by atoms with van der Waals surface area (Å²) in [6.07, 6.45) is 1.19. The molecule has 0 saturated carbocycles. The SMILES string of the molecule is CS(=O)(=O)c1ccc(C(=O)NCC[C@H](N)C(=O)O)cc1. The summed E-state index contributed by atoms with van der Waals surface area (Å²) in [4.78, 5) is 22.3. The zero-order valence-corrected chi connectivity index (χ0v) is 11.7. The van der Waals surface area contributed by atoms with Crippen molar-refractivity contribution < 1.29 is 23.1 Å². The summed E-state index contributed by atoms with van der Waals surface area (Å²) >= 11 is 0. The lowest BCUT2D eigenvalue weighted by Crippen LogP contribution is -2.35. The van der Waals surface area contributed by atoms with E-state index in [1.165, 1.54) is 24.3 Å². The molecule has 0 heterocycles. The first-order valence-electron chi connectivity index (χ1n) is 5.78. The van der Waals surface area contributed by atoms with Gasteiger partial charge in [-0.2, -0.15) is 0 Å². The first kappa shape index (κ1) is 16.1. The molecule has 0 aliphatic carbocycles. The molecular formula is C12H16N2O5S. The van der Waals surface area contributed by atoms with Crippen molar-refractivity contribution in [1.82, 2.24) is 5.32 Å². The van der Waals surface area contributed by atoms with Gasteiger partial charge in [0, 0.05) is 18.4 Å². The Labute approximate surface area is 116 Å². The van der Waals surface area contributed by atoms with Gasteiger partial charge in [-0.1, -0.05) is 0 Å². The van der Waals surface area contributed by atoms with E-state index in [9.17, 15) is 18.0 Å². The highest BCUT2D eigenvalue weighted by Crippen LogP contribution is 2.10. The number of amides is 1. The Bertz CT molecular complexity index is 595. The minimum Gasteiger partial charge on any atom is -0.480 e. The normalized spacial score (nSPS) is 12.7. The van der Waals surface area contributed by atoms with E-state index >= 15 is 0 Å². The molecule has 1 rings (SSSR count). The number of hydrogen-bond donors (Lipinski definition) is 3. The molecule has 1 amide bonds. The van der Waals surface area contributed by atoms with Gasteiger partial charge in [-0.25, -0.2) is 8.42 Å². The first-order chi connectivity index (χ1) is 9.21. The minimum absolute atomic E-state index is 0.114. The number of aliphatic carboxylic acids is 1. The Hall–Kier alpha value is -1.93. The summed E-state index contributed by atoms with van der Waals surface area (Å²) in [7, 11) is -3.30. The maximum absolute atomic E-state index is 11.7. The van der Waals surface area contributed by atoms with Crippen LogP contribution < -0.4 is 11.1 Å². The number of carboxylic acid groups (broad SMARTS) is 1. The van der Waals surface area contributed by atoms with Crippen LogP contribution in [0, 0.1) is 0 Å². The molecule has 0 bridgehead atoms. The van der Waals surface area contributed by atoms with E-state index in [4.69, 9.17) is 10.8 Å². The molecule has 20 heavy (non-hydrogen) atoms. The third kappa shape index (κ3) is 4.63. The predicted octanol–water partition coefficient (Wildman–Crippen LogP) is -0.378. The third-order valence-corrected chi connectivity index (χ3v) is 3.73. The summed E-state index contributed by atoms with van der Waals surface area (Å²) in [6.45, 7) is 0.125. The average molecular weight is 300 g/mol. The number of nitrogens with one attached hydrogen (secondary N) is 1. The van der Waals surface area contributed by atoms with E-state index in [0.29, 0.717) is 5.56 Å². The van der Waals surface area contributed by atoms with Crippen molar-refractivity contribution in [3.05, 3.63) is 29.8 Å². The number of benzene rings is 1. The van der Waals surface area contributed by atoms with Crippen molar-refractivity contribution in [2.45, 2.75) is 17.4 Å². The van der Waals surface area contributed by atoms with E-state index in [-0.39, 0.29) is 17.9 Å². The van der Waals surface area contributed by atoms with Crippen molar-refractivity contribution in [3.8, 4) is 0 Å². The Morgan fingerprint density at radius 2 is 1.85 bits per heavy atom. The zero-order chi connectivity index (χ0) is 15.3. The number of rotatable bonds is 6. The van der Waals surface area contributed by atoms with Crippen LogP contribution in [0.4, 0.5) is 0 Å². The Morgan fingerprint density at radius 3 is 2.30 bits per heavy atom. The van der Waals surface area contributed by atoms with Crippen molar-refractivity contribution in [1.29, 1.82) is 0 Å². The van der Waals surface area contributed by atoms with Crippen LogP contribution in [0.5, 0.6) is 0 Å². The summed E-state index contributed by atoms with van der Waals surface area (Å²) in [5.41, 5.74) is 5.58. The van der Waals surface area contributed by atoms with Crippen LogP contribution in [-0.4, -0.2) is 44.2 Å². The molecule has 0 radical (unpaired) electrons. The van der Waals surface area contributed by atoms with Crippen molar-refractivity contribution in [2.75, 3.05) is 12.8 Å². The fourth-order valence-corrected chi connectivity index (χ4v) is 2.05. The molecule has 0 fully saturated rings. The van der Waals surface area contributed by atoms with Gasteiger partial charge in [0.1, 0.15) is 6.04 Å². The van der Waals surface area contributed by atoms with Gasteiger partial charge in [0.25, 0.3) is 5.91 Å². The van der Waals surface area contributed by atoms with Crippen LogP contribution in [-0.2, 0) is 14.6 Å². The lowest BCUT2D eigenvalue weighted by atomic mass is 10.2. The average Bonchev–Trinajstić information content (AvgIpc) is 2.37. The number of hydrogen-bond acceptors (Lipinski definition) is 5. The van der Waals surface area contributed by atoms with Gasteiger partial charge in [0.05, 0.1) is 4.90 Å². The fourth-order valence-electron chi connectivity index (χ4n) is 1.42. The first-order valence-corrected chi connectivity index (χ1v) is 7.67. The molecule has 0 aliphatic heterocycles. The number of sulfone groups is 1. The Morgan fingerprint density at radius 1 is 1.30 bits per heavy atom. The van der Waals surface area contributed by atoms with Crippen LogP contribution in [0.3, 0.4) is 0 Å². The van der Waals surface area contributed by atoms with Crippen LogP contribution >= 0.6 is 0 Å². The van der Waals surface area contributed by atoms with Gasteiger partial charge in [0.2, 0.25) is 0 Å². The van der Waals surface area contributed by atoms with Crippen LogP contribution in [0.25, 0.3) is 0 Å². The van der Waals surface area contributed by atoms with E-state index in [2.05, 4.69) is 5.32 Å². The van der Waals surface area contributed by atoms with Crippen molar-refractivity contribution >= 4 is 21.7 Å². The summed E-state index contributed by atoms with van der Waals surface area (Å²) in [5.74, 6) is -1.54. The maximum atomic E-state index is 11.7. The topological polar surface area (TPSA) is 127 Å². The molecule has 110 valence electrons. The van der Waals surface area contributed by atoms with E-state index in [1.54, 1.807) is 0 Å². The molecular weight excluding hydrogens is 284 g/mol. The van der Waals surface area contributed by atoms with Crippen LogP contribution in [0.15, 0.2) is 29.2 Å². The van der Waals surface area contributed by atoms with Crippen molar-refractivity contribution in [2.24, 2.45) is 5.73 Å². The maximum Gasteiger partial charge on any atom is 0.320 e. The van der Waals surface area contributed by atoms with Gasteiger partial charge in [-0.3, -0.25) is 9.59 Å². The second-order valence-corrected chi connectivity index (χ2v) is 6.30. The highest BCUT2D eigenvalue weighted by Gasteiger charge is 2.13. The molecule has 0 saturated heterocycles. The largest absolute Gasteiger partial charge is 0.480 e. The Balaban J connectivity index is 2.59. The second kappa shape index (κ2) is 6.49.